The average Bonchev–Trinajstić information content (AvgIpc) is 2.82. The molecule has 3 heterocycles. The first kappa shape index (κ1) is 19.3. The third-order valence-electron chi connectivity index (χ3n) is 3.54. The summed E-state index contributed by atoms with van der Waals surface area (Å²) >= 11 is 0. The number of aromatic nitrogens is 2. The zero-order valence-corrected chi connectivity index (χ0v) is 14.5. The van der Waals surface area contributed by atoms with E-state index in [4.69, 9.17) is 24.0 Å². The van der Waals surface area contributed by atoms with E-state index in [1.54, 1.807) is 0 Å². The second-order valence-corrected chi connectivity index (χ2v) is 6.87. The number of ether oxygens (including phenoxy) is 1. The van der Waals surface area contributed by atoms with Crippen LogP contribution in [0.3, 0.4) is 0 Å². The Bertz CT molecular complexity index is 687. The summed E-state index contributed by atoms with van der Waals surface area (Å²) in [7, 11) is -3.74. The summed E-state index contributed by atoms with van der Waals surface area (Å²) in [5.74, 6) is 0.0632. The number of rotatable bonds is 4. The molecule has 3 rings (SSSR count). The second kappa shape index (κ2) is 7.49. The molecule has 1 aromatic heterocycles. The topological polar surface area (TPSA) is 135 Å². The van der Waals surface area contributed by atoms with Crippen molar-refractivity contribution in [1.29, 1.82) is 0 Å². The third kappa shape index (κ3) is 3.65. The Balaban J connectivity index is 0.00000208. The number of hydrogen-bond acceptors (Lipinski definition) is 9. The van der Waals surface area contributed by atoms with Gasteiger partial charge in [0, 0.05) is 6.20 Å². The van der Waals surface area contributed by atoms with Gasteiger partial charge in [-0.05, 0) is 12.5 Å². The summed E-state index contributed by atoms with van der Waals surface area (Å²) in [4.78, 5) is 15.5. The summed E-state index contributed by atoms with van der Waals surface area (Å²) < 4.78 is 34.5. The van der Waals surface area contributed by atoms with Crippen molar-refractivity contribution in [2.24, 2.45) is 0 Å². The van der Waals surface area contributed by atoms with Crippen LogP contribution >= 0.6 is 20.2 Å². The number of nitrogen functional groups attached to an aromatic ring is 1. The Labute approximate surface area is 143 Å². The third-order valence-corrected chi connectivity index (χ3v) is 5.00. The van der Waals surface area contributed by atoms with Gasteiger partial charge in [-0.25, -0.2) is 9.36 Å². The van der Waals surface area contributed by atoms with E-state index in [1.165, 1.54) is 12.3 Å². The van der Waals surface area contributed by atoms with Gasteiger partial charge >= 0.3 is 13.5 Å². The number of phosphoric acid groups is 1. The van der Waals surface area contributed by atoms with E-state index in [1.807, 2.05) is 6.92 Å². The van der Waals surface area contributed by atoms with Crippen molar-refractivity contribution in [3.05, 3.63) is 22.7 Å². The van der Waals surface area contributed by atoms with Crippen LogP contribution in [0.4, 0.5) is 5.82 Å². The SMILES string of the molecule is CCCOP1(=O)OCC2OC(n3ccc(N)nc3=O)C(O)C2O1.Cl. The summed E-state index contributed by atoms with van der Waals surface area (Å²) in [5, 5.41) is 10.4. The van der Waals surface area contributed by atoms with Crippen LogP contribution in [0.5, 0.6) is 0 Å². The Morgan fingerprint density at radius 1 is 1.58 bits per heavy atom. The van der Waals surface area contributed by atoms with Crippen molar-refractivity contribution in [1.82, 2.24) is 9.55 Å². The van der Waals surface area contributed by atoms with Gasteiger partial charge < -0.3 is 15.6 Å². The van der Waals surface area contributed by atoms with E-state index in [9.17, 15) is 14.5 Å². The van der Waals surface area contributed by atoms with Gasteiger partial charge in [-0.3, -0.25) is 18.1 Å². The van der Waals surface area contributed by atoms with Crippen molar-refractivity contribution in [3.63, 3.8) is 0 Å². The van der Waals surface area contributed by atoms with Crippen LogP contribution in [0.25, 0.3) is 0 Å². The molecule has 0 aromatic carbocycles. The quantitative estimate of drug-likeness (QED) is 0.710. The molecule has 0 radical (unpaired) electrons. The molecule has 136 valence electrons. The zero-order valence-electron chi connectivity index (χ0n) is 12.8. The molecule has 10 nitrogen and oxygen atoms in total. The highest BCUT2D eigenvalue weighted by molar-refractivity contribution is 7.48. The van der Waals surface area contributed by atoms with Gasteiger partial charge in [0.15, 0.2) is 6.23 Å². The predicted octanol–water partition coefficient (Wildman–Crippen LogP) is 0.456. The zero-order chi connectivity index (χ0) is 16.6. The van der Waals surface area contributed by atoms with E-state index in [0.29, 0.717) is 6.42 Å². The largest absolute Gasteiger partial charge is 0.475 e. The first-order valence-electron chi connectivity index (χ1n) is 7.19. The average molecular weight is 384 g/mol. The first-order valence-corrected chi connectivity index (χ1v) is 8.65. The molecule has 0 bridgehead atoms. The summed E-state index contributed by atoms with van der Waals surface area (Å²) in [6, 6.07) is 1.41. The van der Waals surface area contributed by atoms with Gasteiger partial charge in [-0.1, -0.05) is 6.92 Å². The normalized spacial score (nSPS) is 35.2. The van der Waals surface area contributed by atoms with Crippen molar-refractivity contribution < 1.29 is 28.0 Å². The smallest absolute Gasteiger partial charge is 0.386 e. The monoisotopic (exact) mass is 383 g/mol. The lowest BCUT2D eigenvalue weighted by Crippen LogP contribution is -2.40. The fourth-order valence-electron chi connectivity index (χ4n) is 2.45. The van der Waals surface area contributed by atoms with Gasteiger partial charge in [-0.15, -0.1) is 12.4 Å². The van der Waals surface area contributed by atoms with Crippen molar-refractivity contribution >= 4 is 26.0 Å². The number of anilines is 1. The maximum atomic E-state index is 12.3. The molecule has 2 fully saturated rings. The number of aliphatic hydroxyl groups is 1. The summed E-state index contributed by atoms with van der Waals surface area (Å²) in [6.07, 6.45) is -1.87. The lowest BCUT2D eigenvalue weighted by atomic mass is 10.1. The van der Waals surface area contributed by atoms with E-state index in [0.717, 1.165) is 4.57 Å². The number of nitrogens with two attached hydrogens (primary N) is 1. The minimum Gasteiger partial charge on any atom is -0.386 e. The molecule has 2 saturated heterocycles. The molecule has 0 aliphatic carbocycles. The van der Waals surface area contributed by atoms with Gasteiger partial charge in [-0.2, -0.15) is 4.98 Å². The number of fused-ring (bicyclic) bond motifs is 1. The maximum absolute atomic E-state index is 12.3. The van der Waals surface area contributed by atoms with Crippen LogP contribution in [-0.4, -0.2) is 46.2 Å². The summed E-state index contributed by atoms with van der Waals surface area (Å²) in [6.45, 7) is 1.98. The number of halogens is 1. The number of hydrogen-bond donors (Lipinski definition) is 2. The molecule has 5 atom stereocenters. The molecule has 0 saturated carbocycles. The number of aliphatic hydroxyl groups excluding tert-OH is 1. The van der Waals surface area contributed by atoms with Gasteiger partial charge in [0.25, 0.3) is 0 Å². The fourth-order valence-corrected chi connectivity index (χ4v) is 3.94. The van der Waals surface area contributed by atoms with Crippen LogP contribution in [0.1, 0.15) is 19.6 Å². The molecule has 0 spiro atoms. The number of phosphoric ester groups is 1. The van der Waals surface area contributed by atoms with Crippen LogP contribution in [0.2, 0.25) is 0 Å². The van der Waals surface area contributed by atoms with E-state index < -0.39 is 38.1 Å². The fraction of sp³-hybridized carbons (Fsp3) is 0.667. The molecule has 0 amide bonds. The maximum Gasteiger partial charge on any atom is 0.475 e. The van der Waals surface area contributed by atoms with Crippen molar-refractivity contribution in [2.75, 3.05) is 18.9 Å². The van der Waals surface area contributed by atoms with Crippen molar-refractivity contribution in [3.8, 4) is 0 Å². The van der Waals surface area contributed by atoms with Crippen LogP contribution in [-0.2, 0) is 22.9 Å². The van der Waals surface area contributed by atoms with E-state index in [-0.39, 0.29) is 31.4 Å². The molecule has 24 heavy (non-hydrogen) atoms. The molecule has 2 aliphatic rings. The molecule has 3 N–H and O–H groups in total. The minimum absolute atomic E-state index is 0. The van der Waals surface area contributed by atoms with Gasteiger partial charge in [0.05, 0.1) is 13.2 Å². The van der Waals surface area contributed by atoms with E-state index >= 15 is 0 Å². The highest BCUT2D eigenvalue weighted by Gasteiger charge is 2.53. The standard InChI is InChI=1S/C12H18N3O7P.ClH/c1-2-5-19-23(18)20-6-7-10(22-23)9(16)11(21-7)15-4-3-8(13)14-12(15)17;/h3-4,7,9-11,16H,2,5-6H2,1H3,(H2,13,14,17);1H. The lowest BCUT2D eigenvalue weighted by molar-refractivity contribution is -0.0723. The van der Waals surface area contributed by atoms with Gasteiger partial charge in [0.2, 0.25) is 0 Å². The minimum atomic E-state index is -3.74. The molecular formula is C12H19ClN3O7P. The molecule has 12 heteroatoms. The molecule has 5 unspecified atom stereocenters. The predicted molar refractivity (Wildman–Crippen MR) is 84.7 cm³/mol. The van der Waals surface area contributed by atoms with E-state index in [2.05, 4.69) is 4.98 Å². The first-order chi connectivity index (χ1) is 10.9. The molecule has 1 aromatic rings. The van der Waals surface area contributed by atoms with Crippen LogP contribution in [0.15, 0.2) is 17.1 Å². The highest BCUT2D eigenvalue weighted by atomic mass is 35.5. The van der Waals surface area contributed by atoms with Crippen molar-refractivity contribution in [2.45, 2.75) is 37.9 Å². The van der Waals surface area contributed by atoms with Gasteiger partial charge in [0.1, 0.15) is 24.1 Å². The lowest BCUT2D eigenvalue weighted by Gasteiger charge is -2.30. The second-order valence-electron chi connectivity index (χ2n) is 5.24. The Hall–Kier alpha value is -1.00. The Morgan fingerprint density at radius 3 is 3.00 bits per heavy atom. The molecule has 2 aliphatic heterocycles. The highest BCUT2D eigenvalue weighted by Crippen LogP contribution is 2.56. The Kier molecular flexibility index (Phi) is 6.03. The summed E-state index contributed by atoms with van der Waals surface area (Å²) in [5.41, 5.74) is 4.77. The molecular weight excluding hydrogens is 365 g/mol. The number of nitrogens with zero attached hydrogens (tertiary/aromatic N) is 2. The van der Waals surface area contributed by atoms with Crippen LogP contribution in [0, 0.1) is 0 Å². The van der Waals surface area contributed by atoms with Crippen LogP contribution < -0.4 is 11.4 Å². The Morgan fingerprint density at radius 2 is 2.33 bits per heavy atom.